The average Bonchev–Trinajstić information content (AvgIpc) is 3.05. The first-order valence-electron chi connectivity index (χ1n) is 8.71. The second-order valence-corrected chi connectivity index (χ2v) is 6.51. The van der Waals surface area contributed by atoms with Gasteiger partial charge in [0.05, 0.1) is 0 Å². The van der Waals surface area contributed by atoms with Crippen LogP contribution in [0.15, 0.2) is 35.0 Å². The highest BCUT2D eigenvalue weighted by molar-refractivity contribution is 5.88. The summed E-state index contributed by atoms with van der Waals surface area (Å²) in [6.07, 6.45) is 4.76. The van der Waals surface area contributed by atoms with Crippen LogP contribution in [0.25, 0.3) is 0 Å². The van der Waals surface area contributed by atoms with Crippen LogP contribution in [0.4, 0.5) is 10.6 Å². The van der Waals surface area contributed by atoms with Crippen molar-refractivity contribution in [2.75, 3.05) is 32.0 Å². The molecule has 1 saturated heterocycles. The van der Waals surface area contributed by atoms with E-state index in [1.807, 2.05) is 25.4 Å². The van der Waals surface area contributed by atoms with E-state index in [-0.39, 0.29) is 12.1 Å². The van der Waals surface area contributed by atoms with Gasteiger partial charge in [-0.1, -0.05) is 11.2 Å². The van der Waals surface area contributed by atoms with Gasteiger partial charge < -0.3 is 14.3 Å². The number of nitrogens with one attached hydrogen (secondary N) is 1. The molecule has 2 amide bonds. The lowest BCUT2D eigenvalue weighted by Gasteiger charge is -2.36. The first-order valence-corrected chi connectivity index (χ1v) is 8.71. The third kappa shape index (κ3) is 4.79. The summed E-state index contributed by atoms with van der Waals surface area (Å²) in [7, 11) is 1.84. The molecule has 3 rings (SSSR count). The summed E-state index contributed by atoms with van der Waals surface area (Å²) in [4.78, 5) is 20.9. The number of carbonyl (C=O) groups is 1. The van der Waals surface area contributed by atoms with E-state index < -0.39 is 0 Å². The number of piperidine rings is 1. The number of pyridine rings is 1. The van der Waals surface area contributed by atoms with Crippen molar-refractivity contribution in [3.05, 3.63) is 41.9 Å². The number of amides is 2. The van der Waals surface area contributed by atoms with Gasteiger partial charge in [0.2, 0.25) is 0 Å². The number of urea groups is 1. The van der Waals surface area contributed by atoms with Crippen LogP contribution in [0.5, 0.6) is 0 Å². The van der Waals surface area contributed by atoms with Crippen LogP contribution in [0, 0.1) is 6.92 Å². The van der Waals surface area contributed by atoms with Crippen molar-refractivity contribution >= 4 is 11.8 Å². The van der Waals surface area contributed by atoms with Crippen molar-refractivity contribution in [3.8, 4) is 0 Å². The van der Waals surface area contributed by atoms with Crippen LogP contribution in [0.3, 0.4) is 0 Å². The Hall–Kier alpha value is -2.41. The summed E-state index contributed by atoms with van der Waals surface area (Å²) in [6.45, 7) is 4.81. The van der Waals surface area contributed by atoms with Gasteiger partial charge in [0.1, 0.15) is 5.76 Å². The Labute approximate surface area is 148 Å². The number of aromatic nitrogens is 2. The van der Waals surface area contributed by atoms with E-state index in [1.54, 1.807) is 17.9 Å². The quantitative estimate of drug-likeness (QED) is 0.903. The molecule has 1 aliphatic rings. The van der Waals surface area contributed by atoms with Crippen molar-refractivity contribution in [2.45, 2.75) is 32.2 Å². The molecule has 7 nitrogen and oxygen atoms in total. The zero-order valence-electron chi connectivity index (χ0n) is 14.8. The average molecular weight is 343 g/mol. The summed E-state index contributed by atoms with van der Waals surface area (Å²) < 4.78 is 4.97. The predicted octanol–water partition coefficient (Wildman–Crippen LogP) is 2.55. The molecule has 0 spiro atoms. The Balaban J connectivity index is 1.42. The van der Waals surface area contributed by atoms with Gasteiger partial charge in [0.25, 0.3) is 0 Å². The smallest absolute Gasteiger partial charge is 0.323 e. The van der Waals surface area contributed by atoms with Gasteiger partial charge in [-0.25, -0.2) is 4.79 Å². The maximum Gasteiger partial charge on any atom is 0.323 e. The fraction of sp³-hybridized carbons (Fsp3) is 0.500. The monoisotopic (exact) mass is 343 g/mol. The number of nitrogens with zero attached hydrogens (tertiary/aromatic N) is 4. The van der Waals surface area contributed by atoms with Gasteiger partial charge in [-0.3, -0.25) is 10.3 Å². The van der Waals surface area contributed by atoms with Gasteiger partial charge in [0.15, 0.2) is 5.82 Å². The van der Waals surface area contributed by atoms with Gasteiger partial charge in [0, 0.05) is 57.1 Å². The van der Waals surface area contributed by atoms with E-state index in [0.29, 0.717) is 11.6 Å². The van der Waals surface area contributed by atoms with Gasteiger partial charge in [-0.15, -0.1) is 0 Å². The van der Waals surface area contributed by atoms with Crippen LogP contribution in [-0.2, 0) is 6.42 Å². The minimum absolute atomic E-state index is 0.139. The standard InChI is InChI=1S/C18H25N5O2/c1-14-13-17(21-25-14)20-18(24)22(2)16-7-11-23(12-8-16)10-6-15-5-3-4-9-19-15/h3-5,9,13,16H,6-8,10-12H2,1-2H3,(H,20,21,24). The Morgan fingerprint density at radius 3 is 2.84 bits per heavy atom. The van der Waals surface area contributed by atoms with Crippen molar-refractivity contribution in [3.63, 3.8) is 0 Å². The van der Waals surface area contributed by atoms with Crippen molar-refractivity contribution < 1.29 is 9.32 Å². The Morgan fingerprint density at radius 2 is 2.20 bits per heavy atom. The molecular formula is C18H25N5O2. The second kappa shape index (κ2) is 8.11. The largest absolute Gasteiger partial charge is 0.360 e. The third-order valence-electron chi connectivity index (χ3n) is 4.70. The highest BCUT2D eigenvalue weighted by Gasteiger charge is 2.25. The van der Waals surface area contributed by atoms with E-state index in [9.17, 15) is 4.79 Å². The van der Waals surface area contributed by atoms with Crippen LogP contribution in [-0.4, -0.2) is 58.7 Å². The zero-order valence-corrected chi connectivity index (χ0v) is 14.8. The molecule has 1 N–H and O–H groups in total. The SMILES string of the molecule is Cc1cc(NC(=O)N(C)C2CCN(CCc3ccccn3)CC2)no1. The van der Waals surface area contributed by atoms with Crippen LogP contribution in [0.1, 0.15) is 24.3 Å². The minimum atomic E-state index is -0.139. The molecule has 3 heterocycles. The van der Waals surface area contributed by atoms with E-state index in [1.165, 1.54) is 0 Å². The zero-order chi connectivity index (χ0) is 17.6. The van der Waals surface area contributed by atoms with Crippen molar-refractivity contribution in [1.82, 2.24) is 19.9 Å². The molecule has 2 aromatic heterocycles. The van der Waals surface area contributed by atoms with Crippen molar-refractivity contribution in [1.29, 1.82) is 0 Å². The Bertz CT molecular complexity index is 680. The molecule has 0 aromatic carbocycles. The van der Waals surface area contributed by atoms with E-state index in [0.717, 1.165) is 44.6 Å². The fourth-order valence-corrected chi connectivity index (χ4v) is 3.14. The molecule has 0 radical (unpaired) electrons. The molecule has 2 aromatic rings. The number of hydrogen-bond acceptors (Lipinski definition) is 5. The first kappa shape index (κ1) is 17.4. The number of hydrogen-bond donors (Lipinski definition) is 1. The summed E-state index contributed by atoms with van der Waals surface area (Å²) in [5.41, 5.74) is 1.13. The number of likely N-dealkylation sites (tertiary alicyclic amines) is 1. The van der Waals surface area contributed by atoms with Gasteiger partial charge in [-0.05, 0) is 31.9 Å². The number of rotatable bonds is 5. The van der Waals surface area contributed by atoms with Gasteiger partial charge >= 0.3 is 6.03 Å². The molecule has 25 heavy (non-hydrogen) atoms. The Morgan fingerprint density at radius 1 is 1.40 bits per heavy atom. The summed E-state index contributed by atoms with van der Waals surface area (Å²) in [5.74, 6) is 1.14. The highest BCUT2D eigenvalue weighted by atomic mass is 16.5. The maximum atomic E-state index is 12.3. The molecule has 1 aliphatic heterocycles. The molecule has 0 saturated carbocycles. The molecule has 1 fully saturated rings. The summed E-state index contributed by atoms with van der Waals surface area (Å²) in [6, 6.07) is 7.86. The number of aryl methyl sites for hydroxylation is 1. The first-order chi connectivity index (χ1) is 12.1. The molecule has 7 heteroatoms. The second-order valence-electron chi connectivity index (χ2n) is 6.51. The summed E-state index contributed by atoms with van der Waals surface area (Å²) >= 11 is 0. The van der Waals surface area contributed by atoms with E-state index >= 15 is 0 Å². The lowest BCUT2D eigenvalue weighted by atomic mass is 10.0. The minimum Gasteiger partial charge on any atom is -0.360 e. The maximum absolute atomic E-state index is 12.3. The lowest BCUT2D eigenvalue weighted by molar-refractivity contribution is 0.142. The topological polar surface area (TPSA) is 74.5 Å². The molecule has 0 atom stereocenters. The number of carbonyl (C=O) groups excluding carboxylic acids is 1. The predicted molar refractivity (Wildman–Crippen MR) is 95.4 cm³/mol. The molecule has 0 unspecified atom stereocenters. The van der Waals surface area contributed by atoms with Crippen LogP contribution < -0.4 is 5.32 Å². The van der Waals surface area contributed by atoms with E-state index in [2.05, 4.69) is 26.4 Å². The highest BCUT2D eigenvalue weighted by Crippen LogP contribution is 2.17. The van der Waals surface area contributed by atoms with Crippen LogP contribution >= 0.6 is 0 Å². The summed E-state index contributed by atoms with van der Waals surface area (Å²) in [5, 5.41) is 6.58. The fourth-order valence-electron chi connectivity index (χ4n) is 3.14. The van der Waals surface area contributed by atoms with Crippen LogP contribution in [0.2, 0.25) is 0 Å². The van der Waals surface area contributed by atoms with E-state index in [4.69, 9.17) is 4.52 Å². The lowest BCUT2D eigenvalue weighted by Crippen LogP contribution is -2.47. The normalized spacial score (nSPS) is 15.9. The third-order valence-corrected chi connectivity index (χ3v) is 4.70. The van der Waals surface area contributed by atoms with Gasteiger partial charge in [-0.2, -0.15) is 0 Å². The molecular weight excluding hydrogens is 318 g/mol. The molecule has 0 bridgehead atoms. The number of anilines is 1. The van der Waals surface area contributed by atoms with Crippen molar-refractivity contribution in [2.24, 2.45) is 0 Å². The Kier molecular flexibility index (Phi) is 5.65. The molecule has 0 aliphatic carbocycles. The molecule has 134 valence electrons.